The molecule has 0 amide bonds. The molecule has 0 aromatic heterocycles. The Hall–Kier alpha value is -1.03. The van der Waals surface area contributed by atoms with Gasteiger partial charge in [0, 0.05) is 22.7 Å². The molecule has 0 radical (unpaired) electrons. The monoisotopic (exact) mass is 297 g/mol. The van der Waals surface area contributed by atoms with Crippen LogP contribution in [0.15, 0.2) is 22.7 Å². The zero-order valence-corrected chi connectivity index (χ0v) is 11.6. The highest BCUT2D eigenvalue weighted by Gasteiger charge is 2.35. The molecule has 2 rings (SSSR count). The van der Waals surface area contributed by atoms with Crippen molar-refractivity contribution in [1.29, 1.82) is 0 Å². The number of halogens is 1. The van der Waals surface area contributed by atoms with Crippen molar-refractivity contribution in [3.63, 3.8) is 0 Å². The molecule has 1 aliphatic rings. The van der Waals surface area contributed by atoms with Crippen LogP contribution in [0.3, 0.4) is 0 Å². The lowest BCUT2D eigenvalue weighted by atomic mass is 9.98. The number of rotatable bonds is 3. The Kier molecular flexibility index (Phi) is 3.43. The van der Waals surface area contributed by atoms with Crippen molar-refractivity contribution >= 4 is 27.6 Å². The van der Waals surface area contributed by atoms with Crippen LogP contribution < -0.4 is 4.90 Å². The van der Waals surface area contributed by atoms with E-state index in [1.807, 2.05) is 6.07 Å². The summed E-state index contributed by atoms with van der Waals surface area (Å²) in [7, 11) is 0. The summed E-state index contributed by atoms with van der Waals surface area (Å²) in [5.74, 6) is -1.07. The number of anilines is 1. The van der Waals surface area contributed by atoms with Crippen molar-refractivity contribution in [3.05, 3.63) is 28.2 Å². The van der Waals surface area contributed by atoms with E-state index in [4.69, 9.17) is 5.11 Å². The van der Waals surface area contributed by atoms with E-state index in [1.54, 1.807) is 6.92 Å². The minimum Gasteiger partial charge on any atom is -0.481 e. The SMILES string of the molecule is CCN1c2ccc(Br)cc2CC1C(C)C(=O)O. The maximum Gasteiger partial charge on any atom is 0.308 e. The molecule has 0 aliphatic carbocycles. The van der Waals surface area contributed by atoms with Gasteiger partial charge in [0.15, 0.2) is 0 Å². The molecule has 0 fully saturated rings. The molecule has 1 aromatic rings. The van der Waals surface area contributed by atoms with Crippen LogP contribution in [0.5, 0.6) is 0 Å². The Balaban J connectivity index is 2.34. The van der Waals surface area contributed by atoms with Gasteiger partial charge in [-0.05, 0) is 44.0 Å². The van der Waals surface area contributed by atoms with Gasteiger partial charge in [0.25, 0.3) is 0 Å². The predicted octanol–water partition coefficient (Wildman–Crippen LogP) is 2.92. The molecule has 1 N–H and O–H groups in total. The maximum absolute atomic E-state index is 11.1. The summed E-state index contributed by atoms with van der Waals surface area (Å²) < 4.78 is 1.05. The van der Waals surface area contributed by atoms with E-state index in [1.165, 1.54) is 11.3 Å². The van der Waals surface area contributed by atoms with E-state index >= 15 is 0 Å². The molecule has 2 atom stereocenters. The van der Waals surface area contributed by atoms with Gasteiger partial charge in [0.1, 0.15) is 0 Å². The summed E-state index contributed by atoms with van der Waals surface area (Å²) in [4.78, 5) is 13.3. The molecule has 17 heavy (non-hydrogen) atoms. The number of fused-ring (bicyclic) bond motifs is 1. The quantitative estimate of drug-likeness (QED) is 0.932. The third-order valence-corrected chi connectivity index (χ3v) is 3.98. The van der Waals surface area contributed by atoms with Crippen molar-refractivity contribution in [2.75, 3.05) is 11.4 Å². The van der Waals surface area contributed by atoms with Crippen molar-refractivity contribution in [3.8, 4) is 0 Å². The van der Waals surface area contributed by atoms with E-state index < -0.39 is 5.97 Å². The van der Waals surface area contributed by atoms with Crippen LogP contribution in [0.2, 0.25) is 0 Å². The lowest BCUT2D eigenvalue weighted by Gasteiger charge is -2.28. The highest BCUT2D eigenvalue weighted by atomic mass is 79.9. The second-order valence-electron chi connectivity index (χ2n) is 4.46. The van der Waals surface area contributed by atoms with Gasteiger partial charge in [0.05, 0.1) is 5.92 Å². The van der Waals surface area contributed by atoms with Crippen LogP contribution in [0, 0.1) is 5.92 Å². The first-order valence-corrected chi connectivity index (χ1v) is 6.61. The number of benzene rings is 1. The molecule has 3 nitrogen and oxygen atoms in total. The summed E-state index contributed by atoms with van der Waals surface area (Å²) in [5, 5.41) is 9.15. The Labute approximate surface area is 110 Å². The molecular formula is C13H16BrNO2. The first kappa shape index (κ1) is 12.4. The Morgan fingerprint density at radius 3 is 2.94 bits per heavy atom. The normalized spacial score (nSPS) is 20.2. The number of likely N-dealkylation sites (N-methyl/N-ethyl adjacent to an activating group) is 1. The number of carboxylic acids is 1. The number of aliphatic carboxylic acids is 1. The fraction of sp³-hybridized carbons (Fsp3) is 0.462. The molecule has 0 saturated heterocycles. The second-order valence-corrected chi connectivity index (χ2v) is 5.37. The highest BCUT2D eigenvalue weighted by molar-refractivity contribution is 9.10. The van der Waals surface area contributed by atoms with Crippen LogP contribution in [-0.2, 0) is 11.2 Å². The first-order chi connectivity index (χ1) is 8.04. The number of carboxylic acid groups (broad SMARTS) is 1. The number of carbonyl (C=O) groups is 1. The van der Waals surface area contributed by atoms with Crippen LogP contribution in [-0.4, -0.2) is 23.7 Å². The number of nitrogens with zero attached hydrogens (tertiary/aromatic N) is 1. The highest BCUT2D eigenvalue weighted by Crippen LogP contribution is 2.36. The van der Waals surface area contributed by atoms with Gasteiger partial charge in [-0.2, -0.15) is 0 Å². The van der Waals surface area contributed by atoms with Gasteiger partial charge in [-0.3, -0.25) is 4.79 Å². The smallest absolute Gasteiger partial charge is 0.308 e. The average molecular weight is 298 g/mol. The average Bonchev–Trinajstić information content (AvgIpc) is 2.64. The van der Waals surface area contributed by atoms with Gasteiger partial charge < -0.3 is 10.0 Å². The lowest BCUT2D eigenvalue weighted by molar-refractivity contribution is -0.141. The van der Waals surface area contributed by atoms with E-state index in [-0.39, 0.29) is 12.0 Å². The van der Waals surface area contributed by atoms with Crippen molar-refractivity contribution in [1.82, 2.24) is 0 Å². The zero-order chi connectivity index (χ0) is 12.6. The summed E-state index contributed by atoms with van der Waals surface area (Å²) in [6.45, 7) is 4.70. The molecule has 0 saturated carbocycles. The third-order valence-electron chi connectivity index (χ3n) is 3.49. The Bertz CT molecular complexity index is 447. The molecule has 1 heterocycles. The predicted molar refractivity (Wildman–Crippen MR) is 71.5 cm³/mol. The molecule has 4 heteroatoms. The van der Waals surface area contributed by atoms with Crippen LogP contribution in [0.4, 0.5) is 5.69 Å². The van der Waals surface area contributed by atoms with E-state index in [0.29, 0.717) is 0 Å². The minimum absolute atomic E-state index is 0.0711. The minimum atomic E-state index is -0.722. The topological polar surface area (TPSA) is 40.5 Å². The maximum atomic E-state index is 11.1. The Morgan fingerprint density at radius 2 is 2.35 bits per heavy atom. The molecular weight excluding hydrogens is 282 g/mol. The zero-order valence-electron chi connectivity index (χ0n) is 9.98. The van der Waals surface area contributed by atoms with Gasteiger partial charge in [-0.15, -0.1) is 0 Å². The Morgan fingerprint density at radius 1 is 1.65 bits per heavy atom. The van der Waals surface area contributed by atoms with Crippen molar-refractivity contribution in [2.45, 2.75) is 26.3 Å². The van der Waals surface area contributed by atoms with Crippen LogP contribution >= 0.6 is 15.9 Å². The van der Waals surface area contributed by atoms with E-state index in [9.17, 15) is 4.79 Å². The third kappa shape index (κ3) is 2.18. The fourth-order valence-electron chi connectivity index (χ4n) is 2.53. The summed E-state index contributed by atoms with van der Waals surface area (Å²) >= 11 is 3.46. The molecule has 1 aromatic carbocycles. The summed E-state index contributed by atoms with van der Waals surface area (Å²) in [6, 6.07) is 6.24. The van der Waals surface area contributed by atoms with Crippen LogP contribution in [0.25, 0.3) is 0 Å². The van der Waals surface area contributed by atoms with Gasteiger partial charge in [-0.1, -0.05) is 15.9 Å². The van der Waals surface area contributed by atoms with Gasteiger partial charge >= 0.3 is 5.97 Å². The van der Waals surface area contributed by atoms with E-state index in [2.05, 4.69) is 39.9 Å². The molecule has 0 spiro atoms. The van der Waals surface area contributed by atoms with Crippen molar-refractivity contribution in [2.24, 2.45) is 5.92 Å². The van der Waals surface area contributed by atoms with E-state index in [0.717, 1.165) is 17.4 Å². The standard InChI is InChI=1S/C13H16BrNO2/c1-3-15-11-5-4-10(14)6-9(11)7-12(15)8(2)13(16)17/h4-6,8,12H,3,7H2,1-2H3,(H,16,17). The van der Waals surface area contributed by atoms with Gasteiger partial charge in [-0.25, -0.2) is 0 Å². The lowest BCUT2D eigenvalue weighted by Crippen LogP contribution is -2.40. The molecule has 0 bridgehead atoms. The van der Waals surface area contributed by atoms with Crippen molar-refractivity contribution < 1.29 is 9.90 Å². The van der Waals surface area contributed by atoms with Crippen LogP contribution in [0.1, 0.15) is 19.4 Å². The summed E-state index contributed by atoms with van der Waals surface area (Å²) in [5.41, 5.74) is 2.41. The molecule has 1 aliphatic heterocycles. The molecule has 2 unspecified atom stereocenters. The first-order valence-electron chi connectivity index (χ1n) is 5.82. The molecule has 92 valence electrons. The number of hydrogen-bond acceptors (Lipinski definition) is 2. The fourth-order valence-corrected chi connectivity index (χ4v) is 2.94. The van der Waals surface area contributed by atoms with Gasteiger partial charge in [0.2, 0.25) is 0 Å². The summed E-state index contributed by atoms with van der Waals surface area (Å²) in [6.07, 6.45) is 0.816. The largest absolute Gasteiger partial charge is 0.481 e. The second kappa shape index (κ2) is 4.69. The number of hydrogen-bond donors (Lipinski definition) is 1.